The third kappa shape index (κ3) is 1240. The maximum absolute atomic E-state index is 8.89. The standard InChI is InChI=1S/3C2H4O2.CH4O.Fe/c3*1-2(3)4;1-2;/h3*1H3,(H,3,4);2H,1H3;/q;;;;+3/p-3. The van der Waals surface area contributed by atoms with E-state index in [1.165, 1.54) is 0 Å². The zero-order valence-corrected chi connectivity index (χ0v) is 9.85. The fourth-order valence-corrected chi connectivity index (χ4v) is 0. The number of hydrogen-bond acceptors (Lipinski definition) is 7. The predicted molar refractivity (Wildman–Crippen MR) is 40.2 cm³/mol. The van der Waals surface area contributed by atoms with E-state index in [4.69, 9.17) is 34.8 Å². The smallest absolute Gasteiger partial charge is 0.550 e. The number of carbonyl (C=O) groups excluding carboxylic acids is 3. The summed E-state index contributed by atoms with van der Waals surface area (Å²) in [7, 11) is 1.00. The van der Waals surface area contributed by atoms with Gasteiger partial charge in [0.2, 0.25) is 0 Å². The molecule has 0 aromatic heterocycles. The van der Waals surface area contributed by atoms with E-state index in [2.05, 4.69) is 0 Å². The number of aliphatic carboxylic acids is 3. The molecule has 1 N–H and O–H groups in total. The van der Waals surface area contributed by atoms with Crippen molar-refractivity contribution in [1.82, 2.24) is 0 Å². The van der Waals surface area contributed by atoms with Crippen molar-refractivity contribution in [2.24, 2.45) is 0 Å². The Morgan fingerprint density at radius 2 is 0.733 bits per heavy atom. The average Bonchev–Trinajstić information content (AvgIpc) is 1.86. The third-order valence-electron chi connectivity index (χ3n) is 0. The van der Waals surface area contributed by atoms with Crippen molar-refractivity contribution in [2.45, 2.75) is 20.8 Å². The second kappa shape index (κ2) is 29.3. The van der Waals surface area contributed by atoms with E-state index in [1.807, 2.05) is 0 Å². The molecule has 0 atom stereocenters. The summed E-state index contributed by atoms with van der Waals surface area (Å²) in [6.45, 7) is 2.92. The van der Waals surface area contributed by atoms with E-state index in [1.54, 1.807) is 0 Å². The van der Waals surface area contributed by atoms with Crippen molar-refractivity contribution < 1.29 is 51.9 Å². The molecule has 0 aliphatic carbocycles. The summed E-state index contributed by atoms with van der Waals surface area (Å²) in [6.07, 6.45) is 0. The van der Waals surface area contributed by atoms with E-state index in [9.17, 15) is 0 Å². The molecule has 7 nitrogen and oxygen atoms in total. The molecule has 0 fully saturated rings. The van der Waals surface area contributed by atoms with Crippen LogP contribution in [0, 0.1) is 0 Å². The van der Waals surface area contributed by atoms with Gasteiger partial charge in [0.05, 0.1) is 0 Å². The molecule has 0 spiro atoms. The van der Waals surface area contributed by atoms with Crippen LogP contribution in [0.3, 0.4) is 0 Å². The number of aliphatic hydroxyl groups is 1. The molecule has 0 bridgehead atoms. The third-order valence-corrected chi connectivity index (χ3v) is 0. The predicted octanol–water partition coefficient (Wildman–Crippen LogP) is -4.13. The number of aliphatic hydroxyl groups excluding tert-OH is 1. The minimum Gasteiger partial charge on any atom is -0.550 e. The summed E-state index contributed by atoms with van der Waals surface area (Å²) in [5.41, 5.74) is 0. The molecule has 0 saturated carbocycles. The van der Waals surface area contributed by atoms with E-state index < -0.39 is 17.9 Å². The Morgan fingerprint density at radius 3 is 0.733 bits per heavy atom. The average molecular weight is 265 g/mol. The van der Waals surface area contributed by atoms with Crippen LogP contribution in [0.2, 0.25) is 0 Å². The van der Waals surface area contributed by atoms with Gasteiger partial charge in [0.25, 0.3) is 0 Å². The maximum atomic E-state index is 8.89. The Bertz CT molecular complexity index is 117. The van der Waals surface area contributed by atoms with Crippen LogP contribution < -0.4 is 15.3 Å². The topological polar surface area (TPSA) is 141 Å². The molecule has 0 unspecified atom stereocenters. The summed E-state index contributed by atoms with van der Waals surface area (Å²) in [6, 6.07) is 0. The number of carboxylic acid groups (broad SMARTS) is 3. The van der Waals surface area contributed by atoms with Crippen molar-refractivity contribution >= 4 is 17.9 Å². The molecular weight excluding hydrogens is 252 g/mol. The van der Waals surface area contributed by atoms with Crippen LogP contribution in [0.1, 0.15) is 20.8 Å². The van der Waals surface area contributed by atoms with Gasteiger partial charge in [0.1, 0.15) is 0 Å². The van der Waals surface area contributed by atoms with Gasteiger partial charge in [-0.15, -0.1) is 0 Å². The zero-order valence-electron chi connectivity index (χ0n) is 8.75. The molecule has 0 heterocycles. The Labute approximate surface area is 98.2 Å². The van der Waals surface area contributed by atoms with Gasteiger partial charge in [-0.2, -0.15) is 0 Å². The molecule has 0 aliphatic heterocycles. The molecule has 0 amide bonds. The fourth-order valence-electron chi connectivity index (χ4n) is 0. The monoisotopic (exact) mass is 265 g/mol. The Kier molecular flexibility index (Phi) is 57.0. The molecule has 0 aromatic carbocycles. The Morgan fingerprint density at radius 1 is 0.733 bits per heavy atom. The van der Waals surface area contributed by atoms with Gasteiger partial charge in [-0.05, 0) is 20.8 Å². The van der Waals surface area contributed by atoms with Crippen LogP contribution in [-0.4, -0.2) is 30.1 Å². The number of carboxylic acids is 3. The van der Waals surface area contributed by atoms with E-state index in [0.717, 1.165) is 27.9 Å². The van der Waals surface area contributed by atoms with E-state index in [-0.39, 0.29) is 17.1 Å². The van der Waals surface area contributed by atoms with Gasteiger partial charge in [0, 0.05) is 25.0 Å². The van der Waals surface area contributed by atoms with Crippen molar-refractivity contribution in [3.63, 3.8) is 0 Å². The Hall–Kier alpha value is -1.11. The summed E-state index contributed by atoms with van der Waals surface area (Å²) in [5.74, 6) is -3.25. The van der Waals surface area contributed by atoms with Gasteiger partial charge < -0.3 is 34.8 Å². The van der Waals surface area contributed by atoms with Crippen LogP contribution in [0.4, 0.5) is 0 Å². The summed E-state index contributed by atoms with van der Waals surface area (Å²) in [4.78, 5) is 26.7. The second-order valence-corrected chi connectivity index (χ2v) is 1.47. The van der Waals surface area contributed by atoms with Crippen LogP contribution in [0.5, 0.6) is 0 Å². The van der Waals surface area contributed by atoms with Crippen molar-refractivity contribution in [1.29, 1.82) is 0 Å². The molecule has 15 heavy (non-hydrogen) atoms. The molecule has 0 rings (SSSR count). The molecule has 1 radical (unpaired) electrons. The molecule has 0 aliphatic rings. The van der Waals surface area contributed by atoms with Gasteiger partial charge in [0.15, 0.2) is 0 Å². The number of carbonyl (C=O) groups is 3. The quantitative estimate of drug-likeness (QED) is 0.438. The van der Waals surface area contributed by atoms with Crippen molar-refractivity contribution in [3.05, 3.63) is 0 Å². The van der Waals surface area contributed by atoms with Crippen molar-refractivity contribution in [2.75, 3.05) is 7.11 Å². The Balaban J connectivity index is -0.0000000298. The molecule has 91 valence electrons. The van der Waals surface area contributed by atoms with Gasteiger partial charge >= 0.3 is 17.1 Å². The van der Waals surface area contributed by atoms with Crippen molar-refractivity contribution in [3.8, 4) is 0 Å². The van der Waals surface area contributed by atoms with Gasteiger partial charge in [-0.3, -0.25) is 0 Å². The van der Waals surface area contributed by atoms with Crippen LogP contribution >= 0.6 is 0 Å². The zero-order chi connectivity index (χ0) is 12.7. The van der Waals surface area contributed by atoms with Crippen LogP contribution in [-0.2, 0) is 31.5 Å². The maximum Gasteiger partial charge on any atom is 3.00 e. The van der Waals surface area contributed by atoms with E-state index in [0.29, 0.717) is 0 Å². The summed E-state index contributed by atoms with van der Waals surface area (Å²) in [5, 5.41) is 33.7. The van der Waals surface area contributed by atoms with Crippen LogP contribution in [0.25, 0.3) is 0 Å². The van der Waals surface area contributed by atoms with Gasteiger partial charge in [-0.1, -0.05) is 0 Å². The summed E-state index contributed by atoms with van der Waals surface area (Å²) >= 11 is 0. The first-order valence-corrected chi connectivity index (χ1v) is 3.17. The minimum absolute atomic E-state index is 0. The minimum atomic E-state index is -1.08. The SMILES string of the molecule is CC(=O)[O-].CC(=O)[O-].CC(=O)[O-].CO.[Fe+3]. The molecule has 0 saturated heterocycles. The first-order chi connectivity index (χ1) is 6.20. The fraction of sp³-hybridized carbons (Fsp3) is 0.571. The number of rotatable bonds is 0. The van der Waals surface area contributed by atoms with E-state index >= 15 is 0 Å². The largest absolute Gasteiger partial charge is 3.00 e. The first-order valence-electron chi connectivity index (χ1n) is 3.17. The molecule has 0 aromatic rings. The first kappa shape index (κ1) is 29.2. The summed E-state index contributed by atoms with van der Waals surface area (Å²) < 4.78 is 0. The normalized spacial score (nSPS) is 5.40. The second-order valence-electron chi connectivity index (χ2n) is 1.47. The van der Waals surface area contributed by atoms with Gasteiger partial charge in [-0.25, -0.2) is 0 Å². The molecular formula is C7H13FeO7. The molecule has 8 heteroatoms. The number of hydrogen-bond donors (Lipinski definition) is 1. The van der Waals surface area contributed by atoms with Crippen LogP contribution in [0.15, 0.2) is 0 Å².